The van der Waals surface area contributed by atoms with Gasteiger partial charge in [0.1, 0.15) is 18.0 Å². The van der Waals surface area contributed by atoms with Gasteiger partial charge in [0.05, 0.1) is 17.1 Å². The van der Waals surface area contributed by atoms with E-state index in [1.807, 2.05) is 53.9 Å². The van der Waals surface area contributed by atoms with Crippen LogP contribution in [-0.2, 0) is 16.1 Å². The van der Waals surface area contributed by atoms with E-state index in [4.69, 9.17) is 10.5 Å². The molecule has 0 saturated heterocycles. The number of thiophene rings is 1. The molecule has 5 rings (SSSR count). The van der Waals surface area contributed by atoms with Crippen LogP contribution in [0.4, 0.5) is 26.2 Å². The van der Waals surface area contributed by atoms with Crippen molar-refractivity contribution in [1.29, 1.82) is 0 Å². The Morgan fingerprint density at radius 3 is 2.41 bits per heavy atom. The summed E-state index contributed by atoms with van der Waals surface area (Å²) in [6.07, 6.45) is 0.0575. The molecule has 1 aliphatic carbocycles. The molecule has 0 aliphatic heterocycles. The Morgan fingerprint density at radius 2 is 1.72 bits per heavy atom. The minimum atomic E-state index is -1.17. The maximum Gasteiger partial charge on any atom is 0.408 e. The van der Waals surface area contributed by atoms with Crippen LogP contribution in [0.2, 0.25) is 0 Å². The molecule has 3 aromatic carbocycles. The van der Waals surface area contributed by atoms with Gasteiger partial charge in [0.25, 0.3) is 5.91 Å². The van der Waals surface area contributed by atoms with E-state index >= 15 is 0 Å². The highest BCUT2D eigenvalue weighted by Crippen LogP contribution is 2.37. The van der Waals surface area contributed by atoms with Crippen molar-refractivity contribution < 1.29 is 23.5 Å². The molecular weight excluding hydrogens is 519 g/mol. The molecule has 10 heteroatoms. The summed E-state index contributed by atoms with van der Waals surface area (Å²) < 4.78 is 20.1. The topological polar surface area (TPSA) is 123 Å². The van der Waals surface area contributed by atoms with Crippen molar-refractivity contribution in [1.82, 2.24) is 5.32 Å². The van der Waals surface area contributed by atoms with Gasteiger partial charge in [-0.1, -0.05) is 42.5 Å². The van der Waals surface area contributed by atoms with Gasteiger partial charge in [0.2, 0.25) is 5.91 Å². The lowest BCUT2D eigenvalue weighted by atomic mass is 10.1. The molecule has 198 valence electrons. The van der Waals surface area contributed by atoms with Crippen LogP contribution in [0, 0.1) is 5.82 Å². The van der Waals surface area contributed by atoms with Gasteiger partial charge in [-0.2, -0.15) is 0 Å². The second-order valence-electron chi connectivity index (χ2n) is 9.15. The number of amides is 3. The Bertz CT molecular complexity index is 1520. The van der Waals surface area contributed by atoms with E-state index in [1.165, 1.54) is 12.1 Å². The number of carbonyl (C=O) groups excluding carboxylic acids is 3. The molecule has 4 aromatic rings. The molecule has 1 saturated carbocycles. The van der Waals surface area contributed by atoms with E-state index in [9.17, 15) is 18.8 Å². The molecule has 8 nitrogen and oxygen atoms in total. The third kappa shape index (κ3) is 6.07. The molecule has 0 radical (unpaired) electrons. The van der Waals surface area contributed by atoms with Crippen molar-refractivity contribution in [2.75, 3.05) is 16.4 Å². The average Bonchev–Trinajstić information content (AvgIpc) is 3.50. The van der Waals surface area contributed by atoms with Gasteiger partial charge in [-0.25, -0.2) is 9.18 Å². The predicted octanol–water partition coefficient (Wildman–Crippen LogP) is 5.79. The van der Waals surface area contributed by atoms with Crippen molar-refractivity contribution in [3.63, 3.8) is 0 Å². The minimum Gasteiger partial charge on any atom is -0.445 e. The van der Waals surface area contributed by atoms with Gasteiger partial charge < -0.3 is 26.4 Å². The van der Waals surface area contributed by atoms with Gasteiger partial charge >= 0.3 is 6.09 Å². The Morgan fingerprint density at radius 1 is 0.923 bits per heavy atom. The summed E-state index contributed by atoms with van der Waals surface area (Å²) in [5, 5.41) is 9.76. The van der Waals surface area contributed by atoms with Gasteiger partial charge in [-0.05, 0) is 65.7 Å². The molecule has 0 spiro atoms. The number of hydrogen-bond donors (Lipinski definition) is 4. The fraction of sp³-hybridized carbons (Fsp3) is 0.138. The first-order valence-corrected chi connectivity index (χ1v) is 13.1. The first-order chi connectivity index (χ1) is 18.8. The Balaban J connectivity index is 1.20. The Kier molecular flexibility index (Phi) is 7.29. The number of benzene rings is 3. The summed E-state index contributed by atoms with van der Waals surface area (Å²) >= 11 is 1.56. The number of nitrogens with one attached hydrogen (secondary N) is 3. The smallest absolute Gasteiger partial charge is 0.408 e. The predicted molar refractivity (Wildman–Crippen MR) is 149 cm³/mol. The summed E-state index contributed by atoms with van der Waals surface area (Å²) in [7, 11) is 0. The number of anilines is 3. The maximum atomic E-state index is 14.9. The number of hydrogen-bond acceptors (Lipinski definition) is 6. The van der Waals surface area contributed by atoms with E-state index in [-0.39, 0.29) is 17.9 Å². The van der Waals surface area contributed by atoms with Crippen LogP contribution in [-0.4, -0.2) is 23.4 Å². The highest BCUT2D eigenvalue weighted by atomic mass is 32.1. The number of nitrogen functional groups attached to an aromatic ring is 1. The number of nitrogens with two attached hydrogens (primary N) is 1. The maximum absolute atomic E-state index is 14.9. The molecule has 0 bridgehead atoms. The molecule has 1 fully saturated rings. The standard InChI is InChI=1S/C29H25FN4O4S/c30-21-15-20(26(35)32-24-16-19(8-10-22(24)31)25-7-4-14-39-25)9-11-23(21)33-27(36)29(12-13-29)34-28(37)38-17-18-5-2-1-3-6-18/h1-11,14-16H,12-13,17,31H2,(H,32,35)(H,33,36)(H,34,37). The average molecular weight is 545 g/mol. The van der Waals surface area contributed by atoms with Crippen LogP contribution in [0.3, 0.4) is 0 Å². The summed E-state index contributed by atoms with van der Waals surface area (Å²) in [4.78, 5) is 38.9. The zero-order valence-electron chi connectivity index (χ0n) is 20.7. The third-order valence-corrected chi connectivity index (χ3v) is 7.24. The van der Waals surface area contributed by atoms with Crippen molar-refractivity contribution in [3.05, 3.63) is 101 Å². The molecular formula is C29H25FN4O4S. The van der Waals surface area contributed by atoms with Gasteiger partial charge in [0.15, 0.2) is 0 Å². The zero-order chi connectivity index (χ0) is 27.4. The van der Waals surface area contributed by atoms with E-state index < -0.39 is 29.3 Å². The quantitative estimate of drug-likeness (QED) is 0.209. The SMILES string of the molecule is Nc1ccc(-c2cccs2)cc1NC(=O)c1ccc(NC(=O)C2(NC(=O)OCc3ccccc3)CC2)c(F)c1. The van der Waals surface area contributed by atoms with Crippen molar-refractivity contribution in [2.24, 2.45) is 0 Å². The monoisotopic (exact) mass is 544 g/mol. The normalized spacial score (nSPS) is 13.3. The van der Waals surface area contributed by atoms with E-state index in [0.29, 0.717) is 24.2 Å². The summed E-state index contributed by atoms with van der Waals surface area (Å²) in [5.74, 6) is -1.91. The minimum absolute atomic E-state index is 0.0511. The number of halogens is 1. The second-order valence-corrected chi connectivity index (χ2v) is 10.1. The Labute approximate surface area is 228 Å². The van der Waals surface area contributed by atoms with E-state index in [1.54, 1.807) is 23.5 Å². The third-order valence-electron chi connectivity index (χ3n) is 6.33. The molecule has 39 heavy (non-hydrogen) atoms. The van der Waals surface area contributed by atoms with E-state index in [2.05, 4.69) is 16.0 Å². The van der Waals surface area contributed by atoms with Gasteiger partial charge in [0, 0.05) is 10.4 Å². The van der Waals surface area contributed by atoms with Gasteiger partial charge in [-0.15, -0.1) is 11.3 Å². The molecule has 3 amide bonds. The van der Waals surface area contributed by atoms with Crippen molar-refractivity contribution in [2.45, 2.75) is 25.0 Å². The number of ether oxygens (including phenoxy) is 1. The molecule has 1 aromatic heterocycles. The lowest BCUT2D eigenvalue weighted by molar-refractivity contribution is -0.119. The highest BCUT2D eigenvalue weighted by Gasteiger charge is 2.51. The molecule has 0 unspecified atom stereocenters. The van der Waals surface area contributed by atoms with Crippen LogP contribution in [0.5, 0.6) is 0 Å². The first kappa shape index (κ1) is 25.9. The molecule has 1 heterocycles. The van der Waals surface area contributed by atoms with Crippen LogP contribution in [0.1, 0.15) is 28.8 Å². The van der Waals surface area contributed by atoms with Crippen molar-refractivity contribution in [3.8, 4) is 10.4 Å². The van der Waals surface area contributed by atoms with Crippen LogP contribution in [0.25, 0.3) is 10.4 Å². The molecule has 1 aliphatic rings. The molecule has 5 N–H and O–H groups in total. The lowest BCUT2D eigenvalue weighted by Crippen LogP contribution is -2.46. The number of carbonyl (C=O) groups is 3. The fourth-order valence-electron chi connectivity index (χ4n) is 3.94. The fourth-order valence-corrected chi connectivity index (χ4v) is 4.67. The van der Waals surface area contributed by atoms with Crippen LogP contribution < -0.4 is 21.7 Å². The summed E-state index contributed by atoms with van der Waals surface area (Å²) in [5.41, 5.74) is 7.30. The largest absolute Gasteiger partial charge is 0.445 e. The second kappa shape index (κ2) is 11.0. The highest BCUT2D eigenvalue weighted by molar-refractivity contribution is 7.13. The van der Waals surface area contributed by atoms with Crippen LogP contribution in [0.15, 0.2) is 84.2 Å². The number of rotatable bonds is 8. The van der Waals surface area contributed by atoms with Crippen LogP contribution >= 0.6 is 11.3 Å². The van der Waals surface area contributed by atoms with E-state index in [0.717, 1.165) is 22.1 Å². The summed E-state index contributed by atoms with van der Waals surface area (Å²) in [6.45, 7) is 0.0620. The molecule has 0 atom stereocenters. The Hall–Kier alpha value is -4.70. The summed E-state index contributed by atoms with van der Waals surface area (Å²) in [6, 6.07) is 22.1. The lowest BCUT2D eigenvalue weighted by Gasteiger charge is -2.17. The number of alkyl carbamates (subject to hydrolysis) is 1. The zero-order valence-corrected chi connectivity index (χ0v) is 21.5. The van der Waals surface area contributed by atoms with Gasteiger partial charge in [-0.3, -0.25) is 9.59 Å². The first-order valence-electron chi connectivity index (χ1n) is 12.2. The van der Waals surface area contributed by atoms with Crippen molar-refractivity contribution >= 4 is 46.3 Å².